The van der Waals surface area contributed by atoms with Gasteiger partial charge in [-0.2, -0.15) is 4.98 Å². The first-order valence-electron chi connectivity index (χ1n) is 10.4. The van der Waals surface area contributed by atoms with Gasteiger partial charge in [0, 0.05) is 14.1 Å². The number of nitrogens with zero attached hydrogens (tertiary/aromatic N) is 5. The Morgan fingerprint density at radius 2 is 1.69 bits per heavy atom. The summed E-state index contributed by atoms with van der Waals surface area (Å²) in [6, 6.07) is 5.82. The molecule has 0 aliphatic carbocycles. The van der Waals surface area contributed by atoms with E-state index in [4.69, 9.17) is 4.74 Å². The van der Waals surface area contributed by atoms with Gasteiger partial charge in [-0.3, -0.25) is 23.3 Å². The van der Waals surface area contributed by atoms with Crippen LogP contribution in [0.1, 0.15) is 31.4 Å². The van der Waals surface area contributed by atoms with Crippen LogP contribution in [0, 0.1) is 5.82 Å². The maximum Gasteiger partial charge on any atom is 0.332 e. The number of rotatable bonds is 6. The van der Waals surface area contributed by atoms with E-state index in [1.54, 1.807) is 19.1 Å². The van der Waals surface area contributed by atoms with E-state index >= 15 is 0 Å². The van der Waals surface area contributed by atoms with Gasteiger partial charge in [-0.15, -0.1) is 0 Å². The standard InChI is InChI=1S/C22H24FN5O4/c1-5-7-15-18(29)27(12-13-8-10-14(23)11-9-13)21-24-17-16(28(21)20(15)32-6-2)19(30)26(4)22(31)25(17)3/h8-11H,5-7,12H2,1-4H3. The molecule has 0 aliphatic heterocycles. The van der Waals surface area contributed by atoms with Gasteiger partial charge in [0.1, 0.15) is 5.82 Å². The fraction of sp³-hybridized carbons (Fsp3) is 0.364. The second kappa shape index (κ2) is 8.10. The maximum atomic E-state index is 13.5. The van der Waals surface area contributed by atoms with Crippen LogP contribution >= 0.6 is 0 Å². The molecule has 0 bridgehead atoms. The van der Waals surface area contributed by atoms with Crippen LogP contribution in [0.2, 0.25) is 0 Å². The third-order valence-corrected chi connectivity index (χ3v) is 5.48. The monoisotopic (exact) mass is 441 g/mol. The molecule has 0 amide bonds. The largest absolute Gasteiger partial charge is 0.478 e. The van der Waals surface area contributed by atoms with Crippen LogP contribution in [0.25, 0.3) is 16.9 Å². The predicted octanol–water partition coefficient (Wildman–Crippen LogP) is 1.59. The molecule has 0 spiro atoms. The lowest BCUT2D eigenvalue weighted by Gasteiger charge is -2.16. The molecule has 3 aromatic heterocycles. The molecule has 9 nitrogen and oxygen atoms in total. The number of hydrogen-bond acceptors (Lipinski definition) is 5. The topological polar surface area (TPSA) is 92.5 Å². The van der Waals surface area contributed by atoms with Crippen LogP contribution < -0.4 is 21.5 Å². The quantitative estimate of drug-likeness (QED) is 0.453. The lowest BCUT2D eigenvalue weighted by Crippen LogP contribution is -2.37. The Morgan fingerprint density at radius 3 is 2.31 bits per heavy atom. The van der Waals surface area contributed by atoms with Gasteiger partial charge < -0.3 is 4.74 Å². The molecule has 0 saturated carbocycles. The summed E-state index contributed by atoms with van der Waals surface area (Å²) in [6.07, 6.45) is 1.11. The zero-order valence-corrected chi connectivity index (χ0v) is 18.4. The molecule has 32 heavy (non-hydrogen) atoms. The molecule has 4 rings (SSSR count). The first kappa shape index (κ1) is 21.5. The molecule has 10 heteroatoms. The van der Waals surface area contributed by atoms with Crippen LogP contribution in [0.5, 0.6) is 5.88 Å². The second-order valence-electron chi connectivity index (χ2n) is 7.61. The summed E-state index contributed by atoms with van der Waals surface area (Å²) in [5.41, 5.74) is 0.0496. The second-order valence-corrected chi connectivity index (χ2v) is 7.61. The van der Waals surface area contributed by atoms with Crippen LogP contribution in [0.3, 0.4) is 0 Å². The third-order valence-electron chi connectivity index (χ3n) is 5.48. The van der Waals surface area contributed by atoms with Crippen LogP contribution in [0.15, 0.2) is 38.6 Å². The summed E-state index contributed by atoms with van der Waals surface area (Å²) in [6.45, 7) is 4.12. The van der Waals surface area contributed by atoms with E-state index in [-0.39, 0.29) is 47.3 Å². The van der Waals surface area contributed by atoms with Gasteiger partial charge in [0.15, 0.2) is 11.2 Å². The number of hydrogen-bond donors (Lipinski definition) is 0. The van der Waals surface area contributed by atoms with Gasteiger partial charge in [-0.1, -0.05) is 25.5 Å². The van der Waals surface area contributed by atoms with E-state index in [1.807, 2.05) is 6.92 Å². The van der Waals surface area contributed by atoms with Crippen molar-refractivity contribution in [1.82, 2.24) is 23.1 Å². The lowest BCUT2D eigenvalue weighted by atomic mass is 10.1. The van der Waals surface area contributed by atoms with Crippen LogP contribution in [0.4, 0.5) is 4.39 Å². The number of fused-ring (bicyclic) bond motifs is 3. The minimum atomic E-state index is -0.536. The molecule has 0 radical (unpaired) electrons. The Labute approximate surface area is 181 Å². The van der Waals surface area contributed by atoms with Crippen molar-refractivity contribution in [3.8, 4) is 5.88 Å². The highest BCUT2D eigenvalue weighted by Gasteiger charge is 2.25. The molecule has 0 unspecified atom stereocenters. The highest BCUT2D eigenvalue weighted by atomic mass is 19.1. The first-order valence-corrected chi connectivity index (χ1v) is 10.4. The lowest BCUT2D eigenvalue weighted by molar-refractivity contribution is 0.317. The number of halogens is 1. The van der Waals surface area contributed by atoms with E-state index < -0.39 is 11.2 Å². The fourth-order valence-electron chi connectivity index (χ4n) is 3.90. The molecule has 0 N–H and O–H groups in total. The zero-order chi connectivity index (χ0) is 23.2. The van der Waals surface area contributed by atoms with E-state index in [0.29, 0.717) is 24.0 Å². The summed E-state index contributed by atoms with van der Waals surface area (Å²) in [5.74, 6) is 0.0496. The Hall–Kier alpha value is -3.69. The van der Waals surface area contributed by atoms with Gasteiger partial charge in [0.25, 0.3) is 11.1 Å². The van der Waals surface area contributed by atoms with E-state index in [0.717, 1.165) is 4.57 Å². The zero-order valence-electron chi connectivity index (χ0n) is 18.4. The van der Waals surface area contributed by atoms with Gasteiger partial charge >= 0.3 is 5.69 Å². The van der Waals surface area contributed by atoms with Crippen molar-refractivity contribution >= 4 is 16.9 Å². The Morgan fingerprint density at radius 1 is 1.00 bits per heavy atom. The number of benzene rings is 1. The van der Waals surface area contributed by atoms with Crippen molar-refractivity contribution in [1.29, 1.82) is 0 Å². The molecule has 0 saturated heterocycles. The highest BCUT2D eigenvalue weighted by molar-refractivity contribution is 5.76. The van der Waals surface area contributed by atoms with Crippen molar-refractivity contribution in [2.75, 3.05) is 6.61 Å². The molecule has 1 aromatic carbocycles. The van der Waals surface area contributed by atoms with E-state index in [2.05, 4.69) is 4.98 Å². The molecule has 0 aliphatic rings. The Bertz CT molecular complexity index is 1510. The van der Waals surface area contributed by atoms with Crippen molar-refractivity contribution in [3.05, 3.63) is 72.4 Å². The fourth-order valence-corrected chi connectivity index (χ4v) is 3.90. The minimum Gasteiger partial charge on any atom is -0.478 e. The van der Waals surface area contributed by atoms with Crippen molar-refractivity contribution < 1.29 is 9.13 Å². The van der Waals surface area contributed by atoms with Crippen LogP contribution in [-0.4, -0.2) is 29.7 Å². The van der Waals surface area contributed by atoms with E-state index in [9.17, 15) is 18.8 Å². The summed E-state index contributed by atoms with van der Waals surface area (Å²) < 4.78 is 24.5. The summed E-state index contributed by atoms with van der Waals surface area (Å²) in [4.78, 5) is 43.6. The van der Waals surface area contributed by atoms with Crippen molar-refractivity contribution in [3.63, 3.8) is 0 Å². The summed E-state index contributed by atoms with van der Waals surface area (Å²) in [5, 5.41) is 0. The first-order chi connectivity index (χ1) is 15.3. The highest BCUT2D eigenvalue weighted by Crippen LogP contribution is 2.24. The van der Waals surface area contributed by atoms with Crippen molar-refractivity contribution in [2.45, 2.75) is 33.2 Å². The van der Waals surface area contributed by atoms with E-state index in [1.165, 1.54) is 39.8 Å². The van der Waals surface area contributed by atoms with Crippen molar-refractivity contribution in [2.24, 2.45) is 14.1 Å². The van der Waals surface area contributed by atoms with Gasteiger partial charge in [-0.25, -0.2) is 13.6 Å². The molecule has 4 aromatic rings. The number of aryl methyl sites for hydroxylation is 1. The van der Waals surface area contributed by atoms with Gasteiger partial charge in [0.2, 0.25) is 11.7 Å². The average Bonchev–Trinajstić information content (AvgIpc) is 3.18. The van der Waals surface area contributed by atoms with Gasteiger partial charge in [0.05, 0.1) is 18.7 Å². The number of aromatic nitrogens is 5. The molecular formula is C22H24FN5O4. The Kier molecular flexibility index (Phi) is 5.45. The smallest absolute Gasteiger partial charge is 0.332 e. The maximum absolute atomic E-state index is 13.5. The average molecular weight is 441 g/mol. The minimum absolute atomic E-state index is 0.114. The normalized spacial score (nSPS) is 11.5. The molecule has 0 atom stereocenters. The molecule has 168 valence electrons. The third kappa shape index (κ3) is 3.22. The molecule has 3 heterocycles. The SMILES string of the molecule is CCCc1c(OCC)n2c3c(=O)n(C)c(=O)n(C)c3nc2n(Cc2ccc(F)cc2)c1=O. The number of ether oxygens (including phenoxy) is 1. The number of imidazole rings is 1. The van der Waals surface area contributed by atoms with Crippen LogP contribution in [-0.2, 0) is 27.1 Å². The molecular weight excluding hydrogens is 417 g/mol. The predicted molar refractivity (Wildman–Crippen MR) is 118 cm³/mol. The molecule has 0 fully saturated rings. The summed E-state index contributed by atoms with van der Waals surface area (Å²) in [7, 11) is 2.91. The summed E-state index contributed by atoms with van der Waals surface area (Å²) >= 11 is 0. The Balaban J connectivity index is 2.20. The van der Waals surface area contributed by atoms with Gasteiger partial charge in [-0.05, 0) is 31.0 Å².